The van der Waals surface area contributed by atoms with Crippen molar-refractivity contribution in [2.75, 3.05) is 44.7 Å². The highest BCUT2D eigenvalue weighted by Gasteiger charge is 2.40. The molecule has 0 aliphatic carbocycles. The standard InChI is InChI=1S/C16H20ClN3O2/c1-18-8-10-19(11-9-18)15(21)14-6-7-20(16(14)22)13-4-2-12(17)3-5-13/h2-5,14H,6-11H2,1H3/t14-/m0/s1. The lowest BCUT2D eigenvalue weighted by Crippen LogP contribution is -2.50. The molecule has 3 rings (SSSR count). The molecular formula is C16H20ClN3O2. The predicted octanol–water partition coefficient (Wildman–Crippen LogP) is 1.47. The van der Waals surface area contributed by atoms with Crippen molar-refractivity contribution in [2.24, 2.45) is 5.92 Å². The Morgan fingerprint density at radius 2 is 1.73 bits per heavy atom. The minimum absolute atomic E-state index is 0.0189. The number of carbonyl (C=O) groups is 2. The van der Waals surface area contributed by atoms with Crippen LogP contribution in [-0.2, 0) is 9.59 Å². The maximum Gasteiger partial charge on any atom is 0.239 e. The largest absolute Gasteiger partial charge is 0.339 e. The minimum atomic E-state index is -0.529. The monoisotopic (exact) mass is 321 g/mol. The highest BCUT2D eigenvalue weighted by Crippen LogP contribution is 2.27. The predicted molar refractivity (Wildman–Crippen MR) is 86.0 cm³/mol. The molecule has 0 saturated carbocycles. The summed E-state index contributed by atoms with van der Waals surface area (Å²) < 4.78 is 0. The van der Waals surface area contributed by atoms with Crippen molar-refractivity contribution in [2.45, 2.75) is 6.42 Å². The van der Waals surface area contributed by atoms with E-state index < -0.39 is 5.92 Å². The fraction of sp³-hybridized carbons (Fsp3) is 0.500. The van der Waals surface area contributed by atoms with Gasteiger partial charge in [0.05, 0.1) is 0 Å². The van der Waals surface area contributed by atoms with Gasteiger partial charge in [0.2, 0.25) is 11.8 Å². The molecule has 0 N–H and O–H groups in total. The summed E-state index contributed by atoms with van der Waals surface area (Å²) in [6.45, 7) is 3.74. The number of carbonyl (C=O) groups excluding carboxylic acids is 2. The van der Waals surface area contributed by atoms with E-state index in [0.717, 1.165) is 18.8 Å². The Kier molecular flexibility index (Phi) is 4.36. The molecule has 0 bridgehead atoms. The smallest absolute Gasteiger partial charge is 0.239 e. The number of nitrogens with zero attached hydrogens (tertiary/aromatic N) is 3. The molecule has 2 saturated heterocycles. The quantitative estimate of drug-likeness (QED) is 0.775. The lowest BCUT2D eigenvalue weighted by Gasteiger charge is -2.33. The molecule has 1 aromatic rings. The molecule has 0 unspecified atom stereocenters. The molecule has 2 heterocycles. The summed E-state index contributed by atoms with van der Waals surface area (Å²) in [6, 6.07) is 7.17. The molecule has 2 fully saturated rings. The summed E-state index contributed by atoms with van der Waals surface area (Å²) in [5.41, 5.74) is 0.808. The molecule has 0 aromatic heterocycles. The van der Waals surface area contributed by atoms with Gasteiger partial charge in [-0.3, -0.25) is 9.59 Å². The molecule has 0 radical (unpaired) electrons. The molecule has 6 heteroatoms. The van der Waals surface area contributed by atoms with Gasteiger partial charge in [-0.25, -0.2) is 0 Å². The van der Waals surface area contributed by atoms with E-state index in [4.69, 9.17) is 11.6 Å². The van der Waals surface area contributed by atoms with Crippen LogP contribution in [0, 0.1) is 5.92 Å². The number of hydrogen-bond acceptors (Lipinski definition) is 3. The maximum atomic E-state index is 12.6. The molecule has 0 spiro atoms. The molecule has 2 aliphatic rings. The maximum absolute atomic E-state index is 12.6. The third-order valence-electron chi connectivity index (χ3n) is 4.46. The van der Waals surface area contributed by atoms with Crippen LogP contribution in [-0.4, -0.2) is 61.4 Å². The summed E-state index contributed by atoms with van der Waals surface area (Å²) in [7, 11) is 2.05. The van der Waals surface area contributed by atoms with E-state index in [9.17, 15) is 9.59 Å². The summed E-state index contributed by atoms with van der Waals surface area (Å²) in [6.07, 6.45) is 0.590. The number of likely N-dealkylation sites (N-methyl/N-ethyl adjacent to an activating group) is 1. The van der Waals surface area contributed by atoms with Crippen molar-refractivity contribution in [3.8, 4) is 0 Å². The van der Waals surface area contributed by atoms with E-state index in [2.05, 4.69) is 4.90 Å². The highest BCUT2D eigenvalue weighted by molar-refractivity contribution is 6.30. The second-order valence-corrected chi connectivity index (χ2v) is 6.37. The van der Waals surface area contributed by atoms with Crippen molar-refractivity contribution in [1.29, 1.82) is 0 Å². The lowest BCUT2D eigenvalue weighted by atomic mass is 10.1. The van der Waals surface area contributed by atoms with E-state index in [1.54, 1.807) is 17.0 Å². The topological polar surface area (TPSA) is 43.9 Å². The van der Waals surface area contributed by atoms with E-state index in [1.807, 2.05) is 24.1 Å². The van der Waals surface area contributed by atoms with Crippen LogP contribution in [0.25, 0.3) is 0 Å². The second-order valence-electron chi connectivity index (χ2n) is 5.94. The van der Waals surface area contributed by atoms with Gasteiger partial charge in [0.15, 0.2) is 0 Å². The zero-order valence-corrected chi connectivity index (χ0v) is 13.4. The van der Waals surface area contributed by atoms with Crippen LogP contribution in [0.3, 0.4) is 0 Å². The first-order valence-electron chi connectivity index (χ1n) is 7.60. The number of hydrogen-bond donors (Lipinski definition) is 0. The molecule has 5 nitrogen and oxygen atoms in total. The molecular weight excluding hydrogens is 302 g/mol. The Morgan fingerprint density at radius 1 is 1.09 bits per heavy atom. The van der Waals surface area contributed by atoms with Crippen molar-refractivity contribution in [3.05, 3.63) is 29.3 Å². The second kappa shape index (κ2) is 6.26. The average Bonchev–Trinajstić information content (AvgIpc) is 2.90. The van der Waals surface area contributed by atoms with Gasteiger partial charge in [0.25, 0.3) is 0 Å². The van der Waals surface area contributed by atoms with Crippen molar-refractivity contribution in [3.63, 3.8) is 0 Å². The van der Waals surface area contributed by atoms with Crippen LogP contribution in [0.5, 0.6) is 0 Å². The van der Waals surface area contributed by atoms with Gasteiger partial charge in [-0.15, -0.1) is 0 Å². The van der Waals surface area contributed by atoms with E-state index in [-0.39, 0.29) is 11.8 Å². The molecule has 1 atom stereocenters. The number of amides is 2. The number of anilines is 1. The van der Waals surface area contributed by atoms with Gasteiger partial charge in [-0.05, 0) is 37.7 Å². The van der Waals surface area contributed by atoms with Crippen molar-refractivity contribution < 1.29 is 9.59 Å². The van der Waals surface area contributed by atoms with Gasteiger partial charge >= 0.3 is 0 Å². The molecule has 118 valence electrons. The first kappa shape index (κ1) is 15.3. The minimum Gasteiger partial charge on any atom is -0.339 e. The van der Waals surface area contributed by atoms with Gasteiger partial charge in [-0.2, -0.15) is 0 Å². The first-order valence-corrected chi connectivity index (χ1v) is 7.98. The Morgan fingerprint density at radius 3 is 2.36 bits per heavy atom. The first-order chi connectivity index (χ1) is 10.6. The zero-order chi connectivity index (χ0) is 15.7. The fourth-order valence-electron chi connectivity index (χ4n) is 3.03. The number of halogens is 1. The number of rotatable bonds is 2. The summed E-state index contributed by atoms with van der Waals surface area (Å²) in [5.74, 6) is -0.639. The molecule has 2 aliphatic heterocycles. The number of piperazine rings is 1. The number of benzene rings is 1. The Labute approximate surface area is 135 Å². The highest BCUT2D eigenvalue weighted by atomic mass is 35.5. The summed E-state index contributed by atoms with van der Waals surface area (Å²) in [5, 5.41) is 0.639. The zero-order valence-electron chi connectivity index (χ0n) is 12.7. The summed E-state index contributed by atoms with van der Waals surface area (Å²) >= 11 is 5.88. The van der Waals surface area contributed by atoms with Crippen LogP contribution in [0.1, 0.15) is 6.42 Å². The van der Waals surface area contributed by atoms with Gasteiger partial charge < -0.3 is 14.7 Å². The Hall–Kier alpha value is -1.59. The van der Waals surface area contributed by atoms with Gasteiger partial charge in [-0.1, -0.05) is 11.6 Å². The van der Waals surface area contributed by atoms with Crippen molar-refractivity contribution in [1.82, 2.24) is 9.80 Å². The third-order valence-corrected chi connectivity index (χ3v) is 4.71. The van der Waals surface area contributed by atoms with E-state index in [0.29, 0.717) is 31.1 Å². The molecule has 22 heavy (non-hydrogen) atoms. The van der Waals surface area contributed by atoms with Crippen LogP contribution in [0.4, 0.5) is 5.69 Å². The van der Waals surface area contributed by atoms with Crippen LogP contribution in [0.15, 0.2) is 24.3 Å². The van der Waals surface area contributed by atoms with E-state index in [1.165, 1.54) is 0 Å². The van der Waals surface area contributed by atoms with E-state index >= 15 is 0 Å². The Bertz CT molecular complexity index is 567. The van der Waals surface area contributed by atoms with Crippen LogP contribution in [0.2, 0.25) is 5.02 Å². The van der Waals surface area contributed by atoms with Gasteiger partial charge in [0.1, 0.15) is 5.92 Å². The third kappa shape index (κ3) is 2.96. The summed E-state index contributed by atoms with van der Waals surface area (Å²) in [4.78, 5) is 30.9. The van der Waals surface area contributed by atoms with Gasteiger partial charge in [0, 0.05) is 43.4 Å². The lowest BCUT2D eigenvalue weighted by molar-refractivity contribution is -0.141. The Balaban J connectivity index is 1.68. The van der Waals surface area contributed by atoms with Crippen LogP contribution >= 0.6 is 11.6 Å². The SMILES string of the molecule is CN1CCN(C(=O)[C@@H]2CCN(c3ccc(Cl)cc3)C2=O)CC1. The average molecular weight is 322 g/mol. The fourth-order valence-corrected chi connectivity index (χ4v) is 3.16. The molecule has 2 amide bonds. The van der Waals surface area contributed by atoms with Crippen LogP contribution < -0.4 is 4.90 Å². The normalized spacial score (nSPS) is 23.2. The molecule has 1 aromatic carbocycles. The van der Waals surface area contributed by atoms with Crippen molar-refractivity contribution >= 4 is 29.1 Å².